The third kappa shape index (κ3) is 4.23. The van der Waals surface area contributed by atoms with Crippen LogP contribution in [0.3, 0.4) is 0 Å². The smallest absolute Gasteiger partial charge is 0.145 e. The molecule has 1 atom stereocenters. The van der Waals surface area contributed by atoms with Gasteiger partial charge in [0.1, 0.15) is 5.82 Å². The molecule has 0 aromatic heterocycles. The fourth-order valence-corrected chi connectivity index (χ4v) is 1.88. The van der Waals surface area contributed by atoms with Crippen molar-refractivity contribution in [2.24, 2.45) is 5.73 Å². The molecule has 0 saturated carbocycles. The van der Waals surface area contributed by atoms with Crippen LogP contribution in [0, 0.1) is 5.82 Å². The highest BCUT2D eigenvalue weighted by Crippen LogP contribution is 2.30. The van der Waals surface area contributed by atoms with E-state index < -0.39 is 0 Å². The molecule has 0 unspecified atom stereocenters. The average molecular weight is 274 g/mol. The average Bonchev–Trinajstić information content (AvgIpc) is 2.20. The van der Waals surface area contributed by atoms with Crippen LogP contribution in [0.2, 0.25) is 5.02 Å². The molecule has 2 N–H and O–H groups in total. The summed E-state index contributed by atoms with van der Waals surface area (Å²) in [6.07, 6.45) is 0. The number of hydrogen-bond acceptors (Lipinski definition) is 2. The Morgan fingerprint density at radius 3 is 2.50 bits per heavy atom. The lowest BCUT2D eigenvalue weighted by Gasteiger charge is -2.21. The van der Waals surface area contributed by atoms with Crippen LogP contribution in [0.1, 0.15) is 38.8 Å². The molecule has 0 bridgehead atoms. The van der Waals surface area contributed by atoms with Gasteiger partial charge in [0.2, 0.25) is 0 Å². The summed E-state index contributed by atoms with van der Waals surface area (Å²) in [5, 5.41) is 0.141. The Balaban J connectivity index is 2.91. The second-order valence-corrected chi connectivity index (χ2v) is 6.09. The molecule has 0 fully saturated rings. The standard InChI is InChI=1S/C14H21ClFNO/c1-9(17)7-18-8-10-5-11(14(2,3)4)13(16)12(15)6-10/h5-6,9H,7-8,17H2,1-4H3/t9-/m0/s1. The van der Waals surface area contributed by atoms with Gasteiger partial charge in [-0.2, -0.15) is 0 Å². The highest BCUT2D eigenvalue weighted by molar-refractivity contribution is 6.30. The third-order valence-electron chi connectivity index (χ3n) is 2.55. The molecule has 1 aromatic rings. The fraction of sp³-hybridized carbons (Fsp3) is 0.571. The second kappa shape index (κ2) is 6.00. The van der Waals surface area contributed by atoms with E-state index in [0.717, 1.165) is 5.56 Å². The Hall–Kier alpha value is -0.640. The molecule has 102 valence electrons. The predicted octanol–water partition coefficient (Wildman–Crippen LogP) is 3.64. The van der Waals surface area contributed by atoms with Crippen molar-refractivity contribution in [3.05, 3.63) is 34.1 Å². The minimum atomic E-state index is -0.347. The van der Waals surface area contributed by atoms with Crippen molar-refractivity contribution in [2.75, 3.05) is 6.61 Å². The summed E-state index contributed by atoms with van der Waals surface area (Å²) in [6, 6.07) is 3.40. The first-order chi connectivity index (χ1) is 8.21. The first-order valence-electron chi connectivity index (χ1n) is 6.03. The largest absolute Gasteiger partial charge is 0.375 e. The van der Waals surface area contributed by atoms with Crippen molar-refractivity contribution in [1.82, 2.24) is 0 Å². The van der Waals surface area contributed by atoms with Gasteiger partial charge >= 0.3 is 0 Å². The number of benzene rings is 1. The lowest BCUT2D eigenvalue weighted by Crippen LogP contribution is -2.21. The van der Waals surface area contributed by atoms with E-state index in [-0.39, 0.29) is 22.3 Å². The molecule has 0 spiro atoms. The molecule has 0 aliphatic carbocycles. The number of halogens is 2. The first kappa shape index (κ1) is 15.4. The van der Waals surface area contributed by atoms with Crippen molar-refractivity contribution in [3.63, 3.8) is 0 Å². The lowest BCUT2D eigenvalue weighted by molar-refractivity contribution is 0.111. The van der Waals surface area contributed by atoms with E-state index in [1.54, 1.807) is 6.07 Å². The summed E-state index contributed by atoms with van der Waals surface area (Å²) in [5.41, 5.74) is 6.79. The van der Waals surface area contributed by atoms with Crippen molar-refractivity contribution in [1.29, 1.82) is 0 Å². The number of nitrogens with two attached hydrogens (primary N) is 1. The zero-order valence-corrected chi connectivity index (χ0v) is 12.1. The minimum absolute atomic E-state index is 0.0111. The molecule has 0 radical (unpaired) electrons. The van der Waals surface area contributed by atoms with E-state index in [1.807, 2.05) is 33.8 Å². The Morgan fingerprint density at radius 2 is 2.00 bits per heavy atom. The van der Waals surface area contributed by atoms with Crippen molar-refractivity contribution in [2.45, 2.75) is 45.8 Å². The molecule has 2 nitrogen and oxygen atoms in total. The van der Waals surface area contributed by atoms with E-state index >= 15 is 0 Å². The second-order valence-electron chi connectivity index (χ2n) is 5.68. The van der Waals surface area contributed by atoms with Gasteiger partial charge in [-0.3, -0.25) is 0 Å². The van der Waals surface area contributed by atoms with Crippen LogP contribution in [-0.4, -0.2) is 12.6 Å². The van der Waals surface area contributed by atoms with Crippen molar-refractivity contribution >= 4 is 11.6 Å². The van der Waals surface area contributed by atoms with Gasteiger partial charge in [0.15, 0.2) is 0 Å². The van der Waals surface area contributed by atoms with Gasteiger partial charge in [-0.1, -0.05) is 32.4 Å². The number of ether oxygens (including phenoxy) is 1. The van der Waals surface area contributed by atoms with E-state index in [2.05, 4.69) is 0 Å². The summed E-state index contributed by atoms with van der Waals surface area (Å²) >= 11 is 5.91. The minimum Gasteiger partial charge on any atom is -0.375 e. The number of hydrogen-bond donors (Lipinski definition) is 1. The van der Waals surface area contributed by atoms with Crippen molar-refractivity contribution < 1.29 is 9.13 Å². The Bertz CT molecular complexity index is 413. The topological polar surface area (TPSA) is 35.2 Å². The van der Waals surface area contributed by atoms with E-state index in [0.29, 0.717) is 18.8 Å². The monoisotopic (exact) mass is 273 g/mol. The van der Waals surface area contributed by atoms with Gasteiger partial charge in [0.25, 0.3) is 0 Å². The first-order valence-corrected chi connectivity index (χ1v) is 6.41. The maximum absolute atomic E-state index is 13.9. The van der Waals surface area contributed by atoms with Gasteiger partial charge in [0, 0.05) is 6.04 Å². The van der Waals surface area contributed by atoms with E-state index in [1.165, 1.54) is 0 Å². The molecule has 4 heteroatoms. The van der Waals surface area contributed by atoms with Gasteiger partial charge in [0.05, 0.1) is 18.2 Å². The molecule has 0 aliphatic heterocycles. The quantitative estimate of drug-likeness (QED) is 0.909. The fourth-order valence-electron chi connectivity index (χ4n) is 1.64. The highest BCUT2D eigenvalue weighted by atomic mass is 35.5. The summed E-state index contributed by atoms with van der Waals surface area (Å²) in [7, 11) is 0. The summed E-state index contributed by atoms with van der Waals surface area (Å²) in [6.45, 7) is 8.60. The Morgan fingerprint density at radius 1 is 1.39 bits per heavy atom. The van der Waals surface area contributed by atoms with Crippen LogP contribution >= 0.6 is 11.6 Å². The van der Waals surface area contributed by atoms with Crippen LogP contribution in [0.25, 0.3) is 0 Å². The third-order valence-corrected chi connectivity index (χ3v) is 2.82. The summed E-state index contributed by atoms with van der Waals surface area (Å²) in [4.78, 5) is 0. The maximum atomic E-state index is 13.9. The molecule has 18 heavy (non-hydrogen) atoms. The molecule has 0 aliphatic rings. The SMILES string of the molecule is C[C@H](N)COCc1cc(Cl)c(F)c(C(C)(C)C)c1. The van der Waals surface area contributed by atoms with Gasteiger partial charge in [-0.05, 0) is 35.6 Å². The van der Waals surface area contributed by atoms with Crippen molar-refractivity contribution in [3.8, 4) is 0 Å². The molecule has 1 aromatic carbocycles. The van der Waals surface area contributed by atoms with Crippen LogP contribution < -0.4 is 5.73 Å². The van der Waals surface area contributed by atoms with E-state index in [4.69, 9.17) is 22.1 Å². The van der Waals surface area contributed by atoms with Gasteiger partial charge < -0.3 is 10.5 Å². The highest BCUT2D eigenvalue weighted by Gasteiger charge is 2.21. The van der Waals surface area contributed by atoms with Gasteiger partial charge in [-0.15, -0.1) is 0 Å². The van der Waals surface area contributed by atoms with Gasteiger partial charge in [-0.25, -0.2) is 4.39 Å². The molecule has 0 amide bonds. The lowest BCUT2D eigenvalue weighted by atomic mass is 9.86. The number of rotatable bonds is 4. The predicted molar refractivity (Wildman–Crippen MR) is 73.4 cm³/mol. The molecule has 0 heterocycles. The zero-order valence-electron chi connectivity index (χ0n) is 11.4. The zero-order chi connectivity index (χ0) is 13.9. The molecule has 0 saturated heterocycles. The Labute approximate surface area is 113 Å². The normalized spacial score (nSPS) is 13.7. The van der Waals surface area contributed by atoms with Crippen LogP contribution in [0.15, 0.2) is 12.1 Å². The molecular weight excluding hydrogens is 253 g/mol. The molecular formula is C14H21ClFNO. The maximum Gasteiger partial charge on any atom is 0.145 e. The van der Waals surface area contributed by atoms with Crippen LogP contribution in [0.4, 0.5) is 4.39 Å². The van der Waals surface area contributed by atoms with E-state index in [9.17, 15) is 4.39 Å². The Kier molecular flexibility index (Phi) is 5.14. The summed E-state index contributed by atoms with van der Waals surface area (Å²) < 4.78 is 19.4. The van der Waals surface area contributed by atoms with Crippen LogP contribution in [-0.2, 0) is 16.8 Å². The van der Waals surface area contributed by atoms with Crippen LogP contribution in [0.5, 0.6) is 0 Å². The summed E-state index contributed by atoms with van der Waals surface area (Å²) in [5.74, 6) is -0.347. The molecule has 1 rings (SSSR count).